The second-order valence-electron chi connectivity index (χ2n) is 3.26. The molecule has 3 heteroatoms. The van der Waals surface area contributed by atoms with Crippen molar-refractivity contribution in [3.63, 3.8) is 0 Å². The molecule has 2 aliphatic rings. The number of aliphatic hydroxyl groups is 1. The lowest BCUT2D eigenvalue weighted by atomic mass is 10.3. The van der Waals surface area contributed by atoms with E-state index in [0.29, 0.717) is 0 Å². The molecule has 1 fully saturated rings. The van der Waals surface area contributed by atoms with E-state index >= 15 is 0 Å². The number of aliphatic hydroxyl groups excluding tert-OH is 1. The predicted octanol–water partition coefficient (Wildman–Crippen LogP) is 0.0538. The fourth-order valence-electron chi connectivity index (χ4n) is 1.65. The number of hydrogen-bond donors (Lipinski definition) is 2. The van der Waals surface area contributed by atoms with E-state index in [4.69, 9.17) is 0 Å². The lowest BCUT2D eigenvalue weighted by molar-refractivity contribution is 0.184. The molecule has 0 bridgehead atoms. The van der Waals surface area contributed by atoms with Gasteiger partial charge in [-0.05, 0) is 24.8 Å². The van der Waals surface area contributed by atoms with E-state index in [1.807, 2.05) is 6.20 Å². The van der Waals surface area contributed by atoms with Gasteiger partial charge in [0.1, 0.15) is 0 Å². The molecular weight excluding hydrogens is 152 g/mol. The third-order valence-corrected chi connectivity index (χ3v) is 2.33. The highest BCUT2D eigenvalue weighted by Crippen LogP contribution is 2.16. The normalized spacial score (nSPS) is 28.6. The zero-order valence-corrected chi connectivity index (χ0v) is 7.03. The number of likely N-dealkylation sites (tertiary alicyclic amines) is 1. The summed E-state index contributed by atoms with van der Waals surface area (Å²) in [6.07, 6.45) is 6.94. The Morgan fingerprint density at radius 3 is 3.08 bits per heavy atom. The summed E-state index contributed by atoms with van der Waals surface area (Å²) in [7, 11) is 0. The molecule has 2 heterocycles. The zero-order chi connectivity index (χ0) is 8.39. The van der Waals surface area contributed by atoms with Crippen molar-refractivity contribution in [1.29, 1.82) is 0 Å². The molecule has 0 aliphatic carbocycles. The summed E-state index contributed by atoms with van der Waals surface area (Å²) in [5.74, 6) is 0. The van der Waals surface area contributed by atoms with Crippen molar-refractivity contribution in [3.05, 3.63) is 24.0 Å². The monoisotopic (exact) mass is 166 g/mol. The second-order valence-corrected chi connectivity index (χ2v) is 3.26. The van der Waals surface area contributed by atoms with Gasteiger partial charge in [-0.1, -0.05) is 0 Å². The van der Waals surface area contributed by atoms with E-state index in [0.717, 1.165) is 26.1 Å². The lowest BCUT2D eigenvalue weighted by Crippen LogP contribution is -2.23. The van der Waals surface area contributed by atoms with Gasteiger partial charge in [0.25, 0.3) is 0 Å². The lowest BCUT2D eigenvalue weighted by Gasteiger charge is -2.21. The Morgan fingerprint density at radius 2 is 2.50 bits per heavy atom. The molecule has 12 heavy (non-hydrogen) atoms. The van der Waals surface area contributed by atoms with Crippen molar-refractivity contribution in [3.8, 4) is 0 Å². The quantitative estimate of drug-likeness (QED) is 0.578. The van der Waals surface area contributed by atoms with Crippen LogP contribution in [0.5, 0.6) is 0 Å². The van der Waals surface area contributed by atoms with Crippen molar-refractivity contribution in [2.75, 3.05) is 19.6 Å². The minimum absolute atomic E-state index is 0.130. The van der Waals surface area contributed by atoms with Gasteiger partial charge in [-0.2, -0.15) is 0 Å². The maximum Gasteiger partial charge on any atom is 0.0731 e. The van der Waals surface area contributed by atoms with E-state index < -0.39 is 0 Å². The van der Waals surface area contributed by atoms with Crippen LogP contribution in [-0.4, -0.2) is 35.7 Å². The molecule has 1 atom stereocenters. The predicted molar refractivity (Wildman–Crippen MR) is 47.4 cm³/mol. The fraction of sp³-hybridized carbons (Fsp3) is 0.556. The summed E-state index contributed by atoms with van der Waals surface area (Å²) < 4.78 is 0. The van der Waals surface area contributed by atoms with Gasteiger partial charge in [0.15, 0.2) is 0 Å². The fourth-order valence-corrected chi connectivity index (χ4v) is 1.65. The standard InChI is InChI=1S/C9H14N2O/c12-9-3-6-11(7-9)8-1-4-10-5-2-8/h1-2,4,9-10,12H,3,5-7H2/t9-/m0/s1. The highest BCUT2D eigenvalue weighted by Gasteiger charge is 2.20. The van der Waals surface area contributed by atoms with E-state index in [1.165, 1.54) is 5.70 Å². The van der Waals surface area contributed by atoms with Crippen LogP contribution in [0.25, 0.3) is 0 Å². The van der Waals surface area contributed by atoms with Gasteiger partial charge in [-0.3, -0.25) is 0 Å². The first-order valence-corrected chi connectivity index (χ1v) is 4.39. The van der Waals surface area contributed by atoms with Gasteiger partial charge >= 0.3 is 0 Å². The molecule has 0 unspecified atom stereocenters. The Bertz CT molecular complexity index is 223. The largest absolute Gasteiger partial charge is 0.391 e. The van der Waals surface area contributed by atoms with Crippen LogP contribution < -0.4 is 5.32 Å². The topological polar surface area (TPSA) is 35.5 Å². The van der Waals surface area contributed by atoms with Crippen LogP contribution in [0.15, 0.2) is 24.0 Å². The Balaban J connectivity index is 2.00. The highest BCUT2D eigenvalue weighted by molar-refractivity contribution is 5.22. The van der Waals surface area contributed by atoms with Crippen molar-refractivity contribution in [2.24, 2.45) is 0 Å². The third-order valence-electron chi connectivity index (χ3n) is 2.33. The van der Waals surface area contributed by atoms with E-state index in [-0.39, 0.29) is 6.10 Å². The van der Waals surface area contributed by atoms with Crippen molar-refractivity contribution in [1.82, 2.24) is 10.2 Å². The average molecular weight is 166 g/mol. The van der Waals surface area contributed by atoms with Crippen molar-refractivity contribution < 1.29 is 5.11 Å². The number of rotatable bonds is 1. The van der Waals surface area contributed by atoms with Crippen LogP contribution in [0, 0.1) is 0 Å². The maximum atomic E-state index is 9.32. The molecule has 0 radical (unpaired) electrons. The molecule has 2 aliphatic heterocycles. The first-order valence-electron chi connectivity index (χ1n) is 4.39. The molecule has 0 spiro atoms. The minimum Gasteiger partial charge on any atom is -0.391 e. The molecule has 3 nitrogen and oxygen atoms in total. The van der Waals surface area contributed by atoms with Crippen LogP contribution in [0.4, 0.5) is 0 Å². The van der Waals surface area contributed by atoms with Gasteiger partial charge in [-0.25, -0.2) is 0 Å². The molecule has 66 valence electrons. The average Bonchev–Trinajstić information content (AvgIpc) is 2.54. The maximum absolute atomic E-state index is 9.32. The van der Waals surface area contributed by atoms with Crippen molar-refractivity contribution >= 4 is 0 Å². The summed E-state index contributed by atoms with van der Waals surface area (Å²) >= 11 is 0. The summed E-state index contributed by atoms with van der Waals surface area (Å²) in [5.41, 5.74) is 1.24. The Hall–Kier alpha value is -0.960. The first-order chi connectivity index (χ1) is 5.86. The summed E-state index contributed by atoms with van der Waals surface area (Å²) in [5, 5.41) is 12.4. The molecule has 1 saturated heterocycles. The summed E-state index contributed by atoms with van der Waals surface area (Å²) in [6, 6.07) is 0. The third kappa shape index (κ3) is 1.46. The van der Waals surface area contributed by atoms with Crippen LogP contribution in [0.2, 0.25) is 0 Å². The SMILES string of the molecule is O[C@H]1CCN(C2=CCNC=C2)C1. The van der Waals surface area contributed by atoms with E-state index in [9.17, 15) is 5.11 Å². The van der Waals surface area contributed by atoms with Gasteiger partial charge in [0.05, 0.1) is 6.10 Å². The van der Waals surface area contributed by atoms with Crippen molar-refractivity contribution in [2.45, 2.75) is 12.5 Å². The number of β-amino-alcohol motifs (C(OH)–C–C–N with tert-alkyl or cyclic N) is 1. The number of hydrogen-bond acceptors (Lipinski definition) is 3. The van der Waals surface area contributed by atoms with E-state index in [2.05, 4.69) is 22.4 Å². The van der Waals surface area contributed by atoms with Crippen LogP contribution in [0.3, 0.4) is 0 Å². The second kappa shape index (κ2) is 3.19. The molecule has 0 saturated carbocycles. The van der Waals surface area contributed by atoms with Crippen LogP contribution in [0.1, 0.15) is 6.42 Å². The van der Waals surface area contributed by atoms with Gasteiger partial charge < -0.3 is 15.3 Å². The first kappa shape index (κ1) is 7.68. The minimum atomic E-state index is -0.130. The highest BCUT2D eigenvalue weighted by atomic mass is 16.3. The zero-order valence-electron chi connectivity index (χ0n) is 7.03. The number of nitrogens with zero attached hydrogens (tertiary/aromatic N) is 1. The Labute approximate surface area is 72.4 Å². The smallest absolute Gasteiger partial charge is 0.0731 e. The number of nitrogens with one attached hydrogen (secondary N) is 1. The summed E-state index contributed by atoms with van der Waals surface area (Å²) in [6.45, 7) is 2.67. The summed E-state index contributed by atoms with van der Waals surface area (Å²) in [4.78, 5) is 2.22. The number of dihydropyridines is 1. The molecule has 0 aromatic heterocycles. The molecule has 2 N–H and O–H groups in total. The Morgan fingerprint density at radius 1 is 1.58 bits per heavy atom. The van der Waals surface area contributed by atoms with Crippen LogP contribution in [-0.2, 0) is 0 Å². The molecule has 0 aromatic carbocycles. The molecular formula is C9H14N2O. The van der Waals surface area contributed by atoms with Gasteiger partial charge in [-0.15, -0.1) is 0 Å². The van der Waals surface area contributed by atoms with Gasteiger partial charge in [0.2, 0.25) is 0 Å². The van der Waals surface area contributed by atoms with Crippen LogP contribution >= 0.6 is 0 Å². The Kier molecular flexibility index (Phi) is 2.04. The number of allylic oxidation sites excluding steroid dienone is 1. The molecule has 2 rings (SSSR count). The molecule has 0 aromatic rings. The van der Waals surface area contributed by atoms with E-state index in [1.54, 1.807) is 0 Å². The molecule has 0 amide bonds. The van der Waals surface area contributed by atoms with Gasteiger partial charge in [0, 0.05) is 25.3 Å².